The largest absolute Gasteiger partial charge is 0.380 e. The van der Waals surface area contributed by atoms with E-state index >= 15 is 0 Å². The molecule has 0 aliphatic rings. The minimum absolute atomic E-state index is 0.0421. The van der Waals surface area contributed by atoms with Gasteiger partial charge in [0.1, 0.15) is 5.82 Å². The summed E-state index contributed by atoms with van der Waals surface area (Å²) in [5.74, 6) is 5.74. The molecule has 1 aromatic heterocycles. The van der Waals surface area contributed by atoms with Gasteiger partial charge in [-0.25, -0.2) is 10.8 Å². The Morgan fingerprint density at radius 2 is 2.20 bits per heavy atom. The van der Waals surface area contributed by atoms with Crippen molar-refractivity contribution in [2.24, 2.45) is 5.84 Å². The van der Waals surface area contributed by atoms with Crippen molar-refractivity contribution in [3.05, 3.63) is 23.4 Å². The number of amides is 1. The van der Waals surface area contributed by atoms with E-state index in [-0.39, 0.29) is 11.9 Å². The van der Waals surface area contributed by atoms with Crippen molar-refractivity contribution in [3.8, 4) is 0 Å². The quantitative estimate of drug-likeness (QED) is 0.496. The average molecular weight is 280 g/mol. The predicted octanol–water partition coefficient (Wildman–Crippen LogP) is 1.47. The smallest absolute Gasteiger partial charge is 0.251 e. The molecule has 0 spiro atoms. The summed E-state index contributed by atoms with van der Waals surface area (Å²) in [5.41, 5.74) is 3.90. The maximum atomic E-state index is 12.2. The number of hydrogen-bond donors (Lipinski definition) is 3. The molecule has 0 saturated carbocycles. The van der Waals surface area contributed by atoms with Crippen LogP contribution in [0.1, 0.15) is 43.2 Å². The number of rotatable bonds is 8. The first-order valence-corrected chi connectivity index (χ1v) is 6.96. The minimum atomic E-state index is -0.145. The van der Waals surface area contributed by atoms with Crippen LogP contribution in [0.25, 0.3) is 0 Å². The minimum Gasteiger partial charge on any atom is -0.380 e. The highest BCUT2D eigenvalue weighted by Crippen LogP contribution is 2.11. The molecule has 0 aliphatic carbocycles. The van der Waals surface area contributed by atoms with Crippen molar-refractivity contribution < 1.29 is 9.53 Å². The van der Waals surface area contributed by atoms with Crippen molar-refractivity contribution in [2.75, 3.05) is 18.6 Å². The number of anilines is 1. The first-order valence-electron chi connectivity index (χ1n) is 6.96. The number of carbonyl (C=O) groups is 1. The number of carbonyl (C=O) groups excluding carboxylic acids is 1. The van der Waals surface area contributed by atoms with Gasteiger partial charge in [-0.3, -0.25) is 4.79 Å². The normalized spacial score (nSPS) is 12.0. The highest BCUT2D eigenvalue weighted by Gasteiger charge is 2.12. The molecule has 1 atom stereocenters. The summed E-state index contributed by atoms with van der Waals surface area (Å²) in [6, 6.07) is 3.40. The molecule has 6 heteroatoms. The zero-order valence-electron chi connectivity index (χ0n) is 12.4. The SMILES string of the molecule is CCCc1cc(C(=O)NC(C)COCC)cc(NN)n1. The number of nitrogen functional groups attached to an aromatic ring is 1. The van der Waals surface area contributed by atoms with Crippen molar-refractivity contribution in [1.29, 1.82) is 0 Å². The van der Waals surface area contributed by atoms with Crippen LogP contribution in [0.4, 0.5) is 5.82 Å². The second-order valence-corrected chi connectivity index (χ2v) is 4.66. The number of nitrogens with zero attached hydrogens (tertiary/aromatic N) is 1. The van der Waals surface area contributed by atoms with Gasteiger partial charge in [0.15, 0.2) is 0 Å². The molecule has 0 bridgehead atoms. The van der Waals surface area contributed by atoms with Crippen LogP contribution in [-0.2, 0) is 11.2 Å². The Morgan fingerprint density at radius 1 is 1.45 bits per heavy atom. The van der Waals surface area contributed by atoms with Gasteiger partial charge in [0.05, 0.1) is 6.61 Å². The number of aryl methyl sites for hydroxylation is 1. The molecule has 1 rings (SSSR count). The van der Waals surface area contributed by atoms with Gasteiger partial charge < -0.3 is 15.5 Å². The van der Waals surface area contributed by atoms with Gasteiger partial charge in [-0.1, -0.05) is 13.3 Å². The fourth-order valence-corrected chi connectivity index (χ4v) is 1.82. The van der Waals surface area contributed by atoms with Crippen LogP contribution >= 0.6 is 0 Å². The van der Waals surface area contributed by atoms with Gasteiger partial charge >= 0.3 is 0 Å². The molecule has 0 fully saturated rings. The van der Waals surface area contributed by atoms with Crippen molar-refractivity contribution in [1.82, 2.24) is 10.3 Å². The van der Waals surface area contributed by atoms with Crippen LogP contribution in [0.2, 0.25) is 0 Å². The molecule has 112 valence electrons. The third kappa shape index (κ3) is 5.14. The molecule has 0 radical (unpaired) electrons. The summed E-state index contributed by atoms with van der Waals surface area (Å²) in [5, 5.41) is 2.89. The molecule has 6 nitrogen and oxygen atoms in total. The molecule has 1 unspecified atom stereocenters. The van der Waals surface area contributed by atoms with Gasteiger partial charge in [-0.05, 0) is 32.4 Å². The van der Waals surface area contributed by atoms with Crippen LogP contribution in [0.5, 0.6) is 0 Å². The lowest BCUT2D eigenvalue weighted by atomic mass is 10.1. The van der Waals surface area contributed by atoms with E-state index < -0.39 is 0 Å². The number of pyridine rings is 1. The van der Waals surface area contributed by atoms with E-state index in [0.717, 1.165) is 18.5 Å². The third-order valence-electron chi connectivity index (χ3n) is 2.74. The molecule has 1 amide bonds. The van der Waals surface area contributed by atoms with E-state index in [4.69, 9.17) is 10.6 Å². The second-order valence-electron chi connectivity index (χ2n) is 4.66. The zero-order valence-corrected chi connectivity index (χ0v) is 12.4. The highest BCUT2D eigenvalue weighted by atomic mass is 16.5. The lowest BCUT2D eigenvalue weighted by Crippen LogP contribution is -2.36. The van der Waals surface area contributed by atoms with E-state index in [0.29, 0.717) is 24.6 Å². The van der Waals surface area contributed by atoms with Crippen LogP contribution in [-0.4, -0.2) is 30.1 Å². The van der Waals surface area contributed by atoms with Gasteiger partial charge in [-0.15, -0.1) is 0 Å². The van der Waals surface area contributed by atoms with Crippen LogP contribution in [0.15, 0.2) is 12.1 Å². The topological polar surface area (TPSA) is 89.3 Å². The van der Waals surface area contributed by atoms with Crippen molar-refractivity contribution in [3.63, 3.8) is 0 Å². The summed E-state index contributed by atoms with van der Waals surface area (Å²) >= 11 is 0. The van der Waals surface area contributed by atoms with E-state index in [1.54, 1.807) is 12.1 Å². The number of hydrogen-bond acceptors (Lipinski definition) is 5. The highest BCUT2D eigenvalue weighted by molar-refractivity contribution is 5.95. The van der Waals surface area contributed by atoms with Crippen molar-refractivity contribution >= 4 is 11.7 Å². The lowest BCUT2D eigenvalue weighted by Gasteiger charge is -2.14. The number of nitrogens with one attached hydrogen (secondary N) is 2. The number of hydrazine groups is 1. The predicted molar refractivity (Wildman–Crippen MR) is 79.5 cm³/mol. The van der Waals surface area contributed by atoms with Crippen molar-refractivity contribution in [2.45, 2.75) is 39.7 Å². The summed E-state index contributed by atoms with van der Waals surface area (Å²) in [6.07, 6.45) is 1.77. The second kappa shape index (κ2) is 8.50. The number of aromatic nitrogens is 1. The molecule has 4 N–H and O–H groups in total. The molecule has 0 aliphatic heterocycles. The Bertz CT molecular complexity index is 437. The Morgan fingerprint density at radius 3 is 2.80 bits per heavy atom. The summed E-state index contributed by atoms with van der Waals surface area (Å²) in [6.45, 7) is 7.03. The van der Waals surface area contributed by atoms with E-state index in [2.05, 4.69) is 22.7 Å². The van der Waals surface area contributed by atoms with Gasteiger partial charge in [0, 0.05) is 23.9 Å². The maximum absolute atomic E-state index is 12.2. The van der Waals surface area contributed by atoms with Gasteiger partial charge in [-0.2, -0.15) is 0 Å². The van der Waals surface area contributed by atoms with E-state index in [1.807, 2.05) is 13.8 Å². The first-order chi connectivity index (χ1) is 9.60. The standard InChI is InChI=1S/C14H24N4O2/c1-4-6-12-7-11(8-13(17-12)18-15)14(19)16-10(3)9-20-5-2/h7-8,10H,4-6,9,15H2,1-3H3,(H,16,19)(H,17,18). The molecular weight excluding hydrogens is 256 g/mol. The third-order valence-corrected chi connectivity index (χ3v) is 2.74. The molecule has 0 saturated heterocycles. The Balaban J connectivity index is 2.77. The number of ether oxygens (including phenoxy) is 1. The molecule has 1 aromatic rings. The maximum Gasteiger partial charge on any atom is 0.251 e. The summed E-state index contributed by atoms with van der Waals surface area (Å²) in [4.78, 5) is 16.5. The number of nitrogens with two attached hydrogens (primary N) is 1. The van der Waals surface area contributed by atoms with Crippen LogP contribution in [0.3, 0.4) is 0 Å². The monoisotopic (exact) mass is 280 g/mol. The molecule has 0 aromatic carbocycles. The fourth-order valence-electron chi connectivity index (χ4n) is 1.82. The van der Waals surface area contributed by atoms with Crippen LogP contribution in [0, 0.1) is 0 Å². The van der Waals surface area contributed by atoms with E-state index in [1.165, 1.54) is 0 Å². The Hall–Kier alpha value is -1.66. The van der Waals surface area contributed by atoms with Gasteiger partial charge in [0.25, 0.3) is 5.91 Å². The lowest BCUT2D eigenvalue weighted by molar-refractivity contribution is 0.0872. The van der Waals surface area contributed by atoms with Gasteiger partial charge in [0.2, 0.25) is 0 Å². The fraction of sp³-hybridized carbons (Fsp3) is 0.571. The molecular formula is C14H24N4O2. The summed E-state index contributed by atoms with van der Waals surface area (Å²) < 4.78 is 5.28. The Labute approximate surface area is 120 Å². The molecule has 20 heavy (non-hydrogen) atoms. The van der Waals surface area contributed by atoms with E-state index in [9.17, 15) is 4.79 Å². The summed E-state index contributed by atoms with van der Waals surface area (Å²) in [7, 11) is 0. The zero-order chi connectivity index (χ0) is 15.0. The van der Waals surface area contributed by atoms with Crippen LogP contribution < -0.4 is 16.6 Å². The Kier molecular flexibility index (Phi) is 6.97. The molecule has 1 heterocycles. The first kappa shape index (κ1) is 16.4. The average Bonchev–Trinajstić information content (AvgIpc) is 2.45.